The van der Waals surface area contributed by atoms with Crippen LogP contribution in [0.3, 0.4) is 0 Å². The SMILES string of the molecule is CCOc1ccc(S(=O)(=O)N(CC(=O)N(Cc2ccccc2F)[C@@H](Cc2ccccc2)C(=O)NC2CCCCC2)c2ccc(C)cc2)cc1. The van der Waals surface area contributed by atoms with Crippen molar-refractivity contribution < 1.29 is 27.1 Å². The van der Waals surface area contributed by atoms with Crippen LogP contribution in [0.2, 0.25) is 0 Å². The van der Waals surface area contributed by atoms with E-state index in [0.29, 0.717) is 12.4 Å². The number of hydrogen-bond acceptors (Lipinski definition) is 5. The Bertz CT molecular complexity index is 1790. The van der Waals surface area contributed by atoms with Crippen molar-refractivity contribution in [1.29, 1.82) is 0 Å². The second-order valence-corrected chi connectivity index (χ2v) is 14.3. The molecule has 1 fully saturated rings. The second-order valence-electron chi connectivity index (χ2n) is 12.4. The first-order valence-corrected chi connectivity index (χ1v) is 18.3. The third-order valence-corrected chi connectivity index (χ3v) is 10.6. The molecule has 0 heterocycles. The maximum absolute atomic E-state index is 15.2. The van der Waals surface area contributed by atoms with Gasteiger partial charge in [-0.05, 0) is 74.7 Å². The number of nitrogens with zero attached hydrogens (tertiary/aromatic N) is 2. The van der Waals surface area contributed by atoms with Gasteiger partial charge in [-0.1, -0.05) is 85.5 Å². The molecular formula is C39H44FN3O5S. The number of ether oxygens (including phenoxy) is 1. The third-order valence-electron chi connectivity index (χ3n) is 8.84. The summed E-state index contributed by atoms with van der Waals surface area (Å²) < 4.78 is 50.3. The highest BCUT2D eigenvalue weighted by Gasteiger charge is 2.35. The zero-order chi connectivity index (χ0) is 34.8. The fourth-order valence-corrected chi connectivity index (χ4v) is 7.56. The first-order valence-electron chi connectivity index (χ1n) is 16.8. The summed E-state index contributed by atoms with van der Waals surface area (Å²) in [6, 6.07) is 27.2. The van der Waals surface area contributed by atoms with Crippen LogP contribution in [0.4, 0.5) is 10.1 Å². The number of amides is 2. The van der Waals surface area contributed by atoms with Crippen molar-refractivity contribution in [2.45, 2.75) is 75.9 Å². The largest absolute Gasteiger partial charge is 0.494 e. The first kappa shape index (κ1) is 35.6. The summed E-state index contributed by atoms with van der Waals surface area (Å²) in [5.74, 6) is -0.998. The van der Waals surface area contributed by atoms with Crippen LogP contribution in [0.25, 0.3) is 0 Å². The molecule has 10 heteroatoms. The van der Waals surface area contributed by atoms with E-state index in [0.717, 1.165) is 47.5 Å². The molecule has 4 aromatic rings. The van der Waals surface area contributed by atoms with E-state index < -0.39 is 34.3 Å². The number of hydrogen-bond donors (Lipinski definition) is 1. The Morgan fingerprint density at radius 3 is 2.18 bits per heavy atom. The van der Waals surface area contributed by atoms with E-state index in [-0.39, 0.29) is 41.1 Å². The fourth-order valence-electron chi connectivity index (χ4n) is 6.15. The predicted molar refractivity (Wildman–Crippen MR) is 189 cm³/mol. The van der Waals surface area contributed by atoms with Crippen LogP contribution in [0.15, 0.2) is 108 Å². The number of aryl methyl sites for hydroxylation is 1. The molecule has 0 bridgehead atoms. The lowest BCUT2D eigenvalue weighted by Crippen LogP contribution is -2.55. The average molecular weight is 686 g/mol. The molecule has 1 saturated carbocycles. The van der Waals surface area contributed by atoms with Gasteiger partial charge in [0.2, 0.25) is 11.8 Å². The lowest BCUT2D eigenvalue weighted by atomic mass is 9.94. The van der Waals surface area contributed by atoms with Gasteiger partial charge in [0.25, 0.3) is 10.0 Å². The highest BCUT2D eigenvalue weighted by molar-refractivity contribution is 7.92. The summed E-state index contributed by atoms with van der Waals surface area (Å²) in [5, 5.41) is 3.17. The normalized spacial score (nSPS) is 14.1. The molecule has 8 nitrogen and oxygen atoms in total. The van der Waals surface area contributed by atoms with Gasteiger partial charge in [-0.25, -0.2) is 12.8 Å². The van der Waals surface area contributed by atoms with Crippen molar-refractivity contribution >= 4 is 27.5 Å². The number of rotatable bonds is 14. The van der Waals surface area contributed by atoms with Gasteiger partial charge in [0, 0.05) is 24.6 Å². The van der Waals surface area contributed by atoms with Gasteiger partial charge in [0.1, 0.15) is 24.2 Å². The van der Waals surface area contributed by atoms with Gasteiger partial charge in [-0.15, -0.1) is 0 Å². The number of anilines is 1. The molecule has 0 spiro atoms. The first-order chi connectivity index (χ1) is 23.7. The summed E-state index contributed by atoms with van der Waals surface area (Å²) >= 11 is 0. The Morgan fingerprint density at radius 1 is 0.878 bits per heavy atom. The van der Waals surface area contributed by atoms with Gasteiger partial charge < -0.3 is 15.0 Å². The van der Waals surface area contributed by atoms with E-state index in [9.17, 15) is 18.0 Å². The standard InChI is InChI=1S/C39H44FN3O5S/c1-3-48-34-22-24-35(25-23-34)49(46,47)43(33-20-18-29(2)19-21-33)28-38(44)42(27-31-14-10-11-17-36(31)40)37(26-30-12-6-4-7-13-30)39(45)41-32-15-8-5-9-16-32/h4,6-7,10-14,17-25,32,37H,3,5,8-9,15-16,26-28H2,1-2H3,(H,41,45)/t37-/m0/s1. The van der Waals surface area contributed by atoms with E-state index in [1.807, 2.05) is 44.2 Å². The van der Waals surface area contributed by atoms with Crippen LogP contribution in [0.5, 0.6) is 5.75 Å². The van der Waals surface area contributed by atoms with Crippen LogP contribution in [0.1, 0.15) is 55.7 Å². The van der Waals surface area contributed by atoms with E-state index in [1.54, 1.807) is 54.6 Å². The molecule has 1 aliphatic rings. The molecule has 1 atom stereocenters. The Hall–Kier alpha value is -4.70. The zero-order valence-electron chi connectivity index (χ0n) is 28.1. The quantitative estimate of drug-likeness (QED) is 0.157. The maximum Gasteiger partial charge on any atom is 0.264 e. The number of carbonyl (C=O) groups excluding carboxylic acids is 2. The highest BCUT2D eigenvalue weighted by Crippen LogP contribution is 2.27. The highest BCUT2D eigenvalue weighted by atomic mass is 32.2. The molecule has 49 heavy (non-hydrogen) atoms. The Morgan fingerprint density at radius 2 is 1.53 bits per heavy atom. The van der Waals surface area contributed by atoms with Crippen LogP contribution in [0, 0.1) is 12.7 Å². The van der Waals surface area contributed by atoms with E-state index in [2.05, 4.69) is 5.32 Å². The lowest BCUT2D eigenvalue weighted by Gasteiger charge is -2.35. The fraction of sp³-hybridized carbons (Fsp3) is 0.333. The summed E-state index contributed by atoms with van der Waals surface area (Å²) in [6.07, 6.45) is 4.95. The van der Waals surface area contributed by atoms with Crippen molar-refractivity contribution in [3.63, 3.8) is 0 Å². The number of sulfonamides is 1. The third kappa shape index (κ3) is 9.26. The van der Waals surface area contributed by atoms with Gasteiger partial charge in [0.15, 0.2) is 0 Å². The Labute approximate surface area is 289 Å². The molecule has 1 aliphatic carbocycles. The van der Waals surface area contributed by atoms with Gasteiger partial charge in [-0.2, -0.15) is 0 Å². The molecule has 0 aliphatic heterocycles. The number of benzene rings is 4. The molecule has 0 aromatic heterocycles. The Balaban J connectivity index is 1.56. The minimum atomic E-state index is -4.28. The van der Waals surface area contributed by atoms with Crippen molar-refractivity contribution in [2.75, 3.05) is 17.5 Å². The van der Waals surface area contributed by atoms with Crippen LogP contribution in [-0.4, -0.2) is 50.4 Å². The van der Waals surface area contributed by atoms with Gasteiger partial charge in [-0.3, -0.25) is 13.9 Å². The van der Waals surface area contributed by atoms with Crippen LogP contribution >= 0.6 is 0 Å². The summed E-state index contributed by atoms with van der Waals surface area (Å²) in [7, 11) is -4.28. The van der Waals surface area contributed by atoms with E-state index >= 15 is 4.39 Å². The summed E-state index contributed by atoms with van der Waals surface area (Å²) in [4.78, 5) is 30.1. The molecule has 0 radical (unpaired) electrons. The van der Waals surface area contributed by atoms with Crippen molar-refractivity contribution in [3.8, 4) is 5.75 Å². The number of nitrogens with one attached hydrogen (secondary N) is 1. The second kappa shape index (κ2) is 16.6. The van der Waals surface area contributed by atoms with E-state index in [4.69, 9.17) is 4.74 Å². The molecule has 258 valence electrons. The van der Waals surface area contributed by atoms with Crippen LogP contribution in [-0.2, 0) is 32.6 Å². The maximum atomic E-state index is 15.2. The summed E-state index contributed by atoms with van der Waals surface area (Å²) in [5.41, 5.74) is 2.23. The smallest absolute Gasteiger partial charge is 0.264 e. The minimum Gasteiger partial charge on any atom is -0.494 e. The molecule has 2 amide bonds. The van der Waals surface area contributed by atoms with Crippen LogP contribution < -0.4 is 14.4 Å². The van der Waals surface area contributed by atoms with Crippen molar-refractivity contribution in [2.24, 2.45) is 0 Å². The summed E-state index contributed by atoms with van der Waals surface area (Å²) in [6.45, 7) is 3.30. The molecule has 0 unspecified atom stereocenters. The number of carbonyl (C=O) groups is 2. The van der Waals surface area contributed by atoms with Crippen molar-refractivity contribution in [3.05, 3.63) is 126 Å². The Kier molecular flexibility index (Phi) is 12.1. The monoisotopic (exact) mass is 685 g/mol. The zero-order valence-corrected chi connectivity index (χ0v) is 28.9. The lowest BCUT2D eigenvalue weighted by molar-refractivity contribution is -0.140. The molecular weight excluding hydrogens is 642 g/mol. The molecule has 4 aromatic carbocycles. The van der Waals surface area contributed by atoms with Gasteiger partial charge >= 0.3 is 0 Å². The topological polar surface area (TPSA) is 96.0 Å². The van der Waals surface area contributed by atoms with Gasteiger partial charge in [0.05, 0.1) is 17.2 Å². The predicted octanol–water partition coefficient (Wildman–Crippen LogP) is 6.82. The molecule has 1 N–H and O–H groups in total. The number of halogens is 1. The van der Waals surface area contributed by atoms with Crippen molar-refractivity contribution in [1.82, 2.24) is 10.2 Å². The van der Waals surface area contributed by atoms with E-state index in [1.165, 1.54) is 23.1 Å². The minimum absolute atomic E-state index is 0.0270. The molecule has 0 saturated heterocycles. The molecule has 5 rings (SSSR count). The average Bonchev–Trinajstić information content (AvgIpc) is 3.11.